The van der Waals surface area contributed by atoms with Gasteiger partial charge in [0.2, 0.25) is 0 Å². The van der Waals surface area contributed by atoms with Gasteiger partial charge in [-0.1, -0.05) is 6.42 Å². The first kappa shape index (κ1) is 13.3. The van der Waals surface area contributed by atoms with Crippen LogP contribution in [0.1, 0.15) is 36.0 Å². The molecule has 0 saturated heterocycles. The van der Waals surface area contributed by atoms with E-state index in [4.69, 9.17) is 5.11 Å². The highest BCUT2D eigenvalue weighted by atomic mass is 16.4. The van der Waals surface area contributed by atoms with E-state index in [0.29, 0.717) is 12.8 Å². The number of aromatic hydroxyl groups is 1. The summed E-state index contributed by atoms with van der Waals surface area (Å²) in [6, 6.07) is 1.28. The van der Waals surface area contributed by atoms with E-state index in [9.17, 15) is 14.7 Å². The van der Waals surface area contributed by atoms with Crippen LogP contribution in [0.25, 0.3) is 0 Å². The van der Waals surface area contributed by atoms with E-state index < -0.39 is 17.8 Å². The molecule has 1 aromatic heterocycles. The number of carbonyl (C=O) groups excluding carboxylic acids is 1. The highest BCUT2D eigenvalue weighted by Gasteiger charge is 2.28. The number of aromatic nitrogens is 1. The summed E-state index contributed by atoms with van der Waals surface area (Å²) in [5, 5.41) is 21.3. The Morgan fingerprint density at radius 1 is 1.37 bits per heavy atom. The molecule has 1 fully saturated rings. The zero-order valence-electron chi connectivity index (χ0n) is 10.4. The topological polar surface area (TPSA) is 99.5 Å². The van der Waals surface area contributed by atoms with Crippen LogP contribution in [0.2, 0.25) is 0 Å². The fraction of sp³-hybridized carbons (Fsp3) is 0.462. The van der Waals surface area contributed by atoms with Crippen LogP contribution < -0.4 is 5.32 Å². The Labute approximate surface area is 110 Å². The van der Waals surface area contributed by atoms with E-state index >= 15 is 0 Å². The number of rotatable bonds is 3. The third-order valence-corrected chi connectivity index (χ3v) is 3.40. The maximum atomic E-state index is 12.0. The number of aliphatic carboxylic acids is 1. The molecule has 6 nitrogen and oxygen atoms in total. The van der Waals surface area contributed by atoms with Gasteiger partial charge in [-0.2, -0.15) is 0 Å². The number of carbonyl (C=O) groups is 2. The predicted molar refractivity (Wildman–Crippen MR) is 66.7 cm³/mol. The minimum Gasteiger partial charge on any atom is -0.505 e. The number of pyridine rings is 1. The number of carboxylic acids is 1. The second kappa shape index (κ2) is 5.69. The molecule has 3 N–H and O–H groups in total. The highest BCUT2D eigenvalue weighted by molar-refractivity contribution is 5.96. The van der Waals surface area contributed by atoms with Crippen molar-refractivity contribution in [2.24, 2.45) is 5.92 Å². The molecule has 102 valence electrons. The minimum absolute atomic E-state index is 0.157. The molecular formula is C13H16N2O4. The molecule has 0 spiro atoms. The Bertz CT molecular complexity index is 489. The van der Waals surface area contributed by atoms with Gasteiger partial charge >= 0.3 is 5.97 Å². The van der Waals surface area contributed by atoms with Gasteiger partial charge < -0.3 is 15.5 Å². The summed E-state index contributed by atoms with van der Waals surface area (Å²) in [6.45, 7) is 0. The van der Waals surface area contributed by atoms with Crippen LogP contribution in [-0.4, -0.2) is 33.1 Å². The largest absolute Gasteiger partial charge is 0.505 e. The van der Waals surface area contributed by atoms with Crippen molar-refractivity contribution < 1.29 is 19.8 Å². The average molecular weight is 264 g/mol. The highest BCUT2D eigenvalue weighted by Crippen LogP contribution is 2.25. The van der Waals surface area contributed by atoms with Crippen molar-refractivity contribution in [2.75, 3.05) is 0 Å². The molecule has 2 atom stereocenters. The van der Waals surface area contributed by atoms with Crippen molar-refractivity contribution in [1.82, 2.24) is 10.3 Å². The molecule has 0 aromatic carbocycles. The Morgan fingerprint density at radius 3 is 2.84 bits per heavy atom. The first-order valence-corrected chi connectivity index (χ1v) is 6.24. The summed E-state index contributed by atoms with van der Waals surface area (Å²) >= 11 is 0. The zero-order chi connectivity index (χ0) is 13.8. The summed E-state index contributed by atoms with van der Waals surface area (Å²) < 4.78 is 0. The molecule has 0 aliphatic heterocycles. The van der Waals surface area contributed by atoms with E-state index in [-0.39, 0.29) is 17.4 Å². The van der Waals surface area contributed by atoms with E-state index in [0.717, 1.165) is 12.8 Å². The number of amides is 1. The van der Waals surface area contributed by atoms with Crippen LogP contribution in [0.15, 0.2) is 18.5 Å². The Morgan fingerprint density at radius 2 is 2.16 bits per heavy atom. The number of carboxylic acid groups (broad SMARTS) is 1. The standard InChI is InChI=1S/C13H16N2O4/c16-11-7-14-5-4-10(11)12(17)15-9-3-1-2-8(6-9)13(18)19/h4-5,7-9,16H,1-3,6H2,(H,15,17)(H,18,19). The maximum Gasteiger partial charge on any atom is 0.306 e. The molecule has 2 unspecified atom stereocenters. The van der Waals surface area contributed by atoms with Gasteiger partial charge in [-0.05, 0) is 25.3 Å². The smallest absolute Gasteiger partial charge is 0.306 e. The average Bonchev–Trinajstić information content (AvgIpc) is 2.39. The van der Waals surface area contributed by atoms with Crippen molar-refractivity contribution in [1.29, 1.82) is 0 Å². The second-order valence-electron chi connectivity index (χ2n) is 4.76. The lowest BCUT2D eigenvalue weighted by Gasteiger charge is -2.27. The summed E-state index contributed by atoms with van der Waals surface area (Å²) in [6.07, 6.45) is 5.27. The molecule has 6 heteroatoms. The van der Waals surface area contributed by atoms with Gasteiger partial charge in [-0.3, -0.25) is 14.6 Å². The van der Waals surface area contributed by atoms with Gasteiger partial charge in [0.1, 0.15) is 5.75 Å². The monoisotopic (exact) mass is 264 g/mol. The minimum atomic E-state index is -0.814. The number of hydrogen-bond acceptors (Lipinski definition) is 4. The molecule has 1 aliphatic rings. The van der Waals surface area contributed by atoms with Gasteiger partial charge in [-0.25, -0.2) is 0 Å². The van der Waals surface area contributed by atoms with Crippen molar-refractivity contribution in [3.8, 4) is 5.75 Å². The van der Waals surface area contributed by atoms with Crippen molar-refractivity contribution in [2.45, 2.75) is 31.7 Å². The lowest BCUT2D eigenvalue weighted by atomic mass is 9.85. The Balaban J connectivity index is 1.99. The van der Waals surface area contributed by atoms with Crippen molar-refractivity contribution >= 4 is 11.9 Å². The Kier molecular flexibility index (Phi) is 3.99. The quantitative estimate of drug-likeness (QED) is 0.760. The maximum absolute atomic E-state index is 12.0. The van der Waals surface area contributed by atoms with Gasteiger partial charge in [0.05, 0.1) is 17.7 Å². The molecule has 1 amide bonds. The van der Waals surface area contributed by atoms with Gasteiger partial charge in [-0.15, -0.1) is 0 Å². The molecule has 1 heterocycles. The van der Waals surface area contributed by atoms with E-state index in [1.165, 1.54) is 18.5 Å². The first-order valence-electron chi connectivity index (χ1n) is 6.24. The summed E-state index contributed by atoms with van der Waals surface area (Å²) in [5.41, 5.74) is 0.160. The molecular weight excluding hydrogens is 248 g/mol. The van der Waals surface area contributed by atoms with Crippen LogP contribution in [0.3, 0.4) is 0 Å². The molecule has 0 bridgehead atoms. The van der Waals surface area contributed by atoms with Crippen LogP contribution >= 0.6 is 0 Å². The number of nitrogens with zero attached hydrogens (tertiary/aromatic N) is 1. The van der Waals surface area contributed by atoms with Crippen LogP contribution in [-0.2, 0) is 4.79 Å². The fourth-order valence-corrected chi connectivity index (χ4v) is 2.39. The van der Waals surface area contributed by atoms with Gasteiger partial charge in [0, 0.05) is 12.2 Å². The number of hydrogen-bond donors (Lipinski definition) is 3. The molecule has 1 aromatic rings. The third-order valence-electron chi connectivity index (χ3n) is 3.40. The van der Waals surface area contributed by atoms with E-state index in [2.05, 4.69) is 10.3 Å². The van der Waals surface area contributed by atoms with Gasteiger partial charge in [0.25, 0.3) is 5.91 Å². The van der Waals surface area contributed by atoms with Gasteiger partial charge in [0.15, 0.2) is 0 Å². The van der Waals surface area contributed by atoms with E-state index in [1.807, 2.05) is 0 Å². The SMILES string of the molecule is O=C(NC1CCCC(C(=O)O)C1)c1ccncc1O. The first-order chi connectivity index (χ1) is 9.08. The summed E-state index contributed by atoms with van der Waals surface area (Å²) in [7, 11) is 0. The number of nitrogens with one attached hydrogen (secondary N) is 1. The van der Waals surface area contributed by atoms with Crippen LogP contribution in [0, 0.1) is 5.92 Å². The van der Waals surface area contributed by atoms with Crippen LogP contribution in [0.4, 0.5) is 0 Å². The molecule has 19 heavy (non-hydrogen) atoms. The van der Waals surface area contributed by atoms with Crippen molar-refractivity contribution in [3.63, 3.8) is 0 Å². The van der Waals surface area contributed by atoms with Crippen molar-refractivity contribution in [3.05, 3.63) is 24.0 Å². The lowest BCUT2D eigenvalue weighted by Crippen LogP contribution is -2.39. The Hall–Kier alpha value is -2.11. The fourth-order valence-electron chi connectivity index (χ4n) is 2.39. The normalized spacial score (nSPS) is 22.7. The second-order valence-corrected chi connectivity index (χ2v) is 4.76. The predicted octanol–water partition coefficient (Wildman–Crippen LogP) is 1.16. The third kappa shape index (κ3) is 3.21. The molecule has 1 aliphatic carbocycles. The zero-order valence-corrected chi connectivity index (χ0v) is 10.4. The summed E-state index contributed by atoms with van der Waals surface area (Å²) in [4.78, 5) is 26.6. The molecule has 2 rings (SSSR count). The molecule has 0 radical (unpaired) electrons. The summed E-state index contributed by atoms with van der Waals surface area (Å²) in [5.74, 6) is -1.78. The van der Waals surface area contributed by atoms with E-state index in [1.54, 1.807) is 0 Å². The lowest BCUT2D eigenvalue weighted by molar-refractivity contribution is -0.143. The molecule has 1 saturated carbocycles. The van der Waals surface area contributed by atoms with Crippen LogP contribution in [0.5, 0.6) is 5.75 Å².